The Morgan fingerprint density at radius 2 is 1.81 bits per heavy atom. The molecule has 3 fully saturated rings. The number of alkyl halides is 1. The molecule has 2 heteroatoms. The van der Waals surface area contributed by atoms with Crippen LogP contribution in [0.2, 0.25) is 0 Å². The molecule has 0 saturated heterocycles. The monoisotopic (exact) mass is 286 g/mol. The molecule has 0 radical (unpaired) electrons. The van der Waals surface area contributed by atoms with Crippen LogP contribution in [0, 0.1) is 17.3 Å². The van der Waals surface area contributed by atoms with E-state index < -0.39 is 0 Å². The standard InChI is InChI=1S/C14H23BrO/c1-13(2)10-6-7-11(8-10)14(13,9-15)16-12-4-3-5-12/h10-12H,3-9H2,1-2H3. The fourth-order valence-electron chi connectivity index (χ4n) is 4.28. The van der Waals surface area contributed by atoms with E-state index in [2.05, 4.69) is 29.8 Å². The summed E-state index contributed by atoms with van der Waals surface area (Å²) < 4.78 is 6.59. The highest BCUT2D eigenvalue weighted by molar-refractivity contribution is 9.09. The average molecular weight is 287 g/mol. The van der Waals surface area contributed by atoms with Crippen LogP contribution in [0.1, 0.15) is 52.4 Å². The number of hydrogen-bond acceptors (Lipinski definition) is 1. The van der Waals surface area contributed by atoms with Crippen LogP contribution in [0.4, 0.5) is 0 Å². The predicted octanol–water partition coefficient (Wildman–Crippen LogP) is 4.15. The van der Waals surface area contributed by atoms with Crippen LogP contribution in [-0.2, 0) is 4.74 Å². The zero-order chi connectivity index (χ0) is 11.4. The Bertz CT molecular complexity index is 284. The number of fused-ring (bicyclic) bond motifs is 2. The summed E-state index contributed by atoms with van der Waals surface area (Å²) in [5.41, 5.74) is 0.510. The van der Waals surface area contributed by atoms with Gasteiger partial charge in [0.25, 0.3) is 0 Å². The number of ether oxygens (including phenoxy) is 1. The molecule has 3 rings (SSSR count). The lowest BCUT2D eigenvalue weighted by atomic mass is 9.66. The van der Waals surface area contributed by atoms with Gasteiger partial charge < -0.3 is 4.74 Å². The van der Waals surface area contributed by atoms with E-state index in [1.807, 2.05) is 0 Å². The second kappa shape index (κ2) is 3.71. The molecule has 3 saturated carbocycles. The summed E-state index contributed by atoms with van der Waals surface area (Å²) in [6.45, 7) is 4.88. The summed E-state index contributed by atoms with van der Waals surface area (Å²) >= 11 is 3.77. The van der Waals surface area contributed by atoms with Crippen LogP contribution >= 0.6 is 15.9 Å². The molecule has 92 valence electrons. The first-order valence-electron chi connectivity index (χ1n) is 6.84. The molecule has 0 spiro atoms. The maximum Gasteiger partial charge on any atom is 0.0863 e. The third-order valence-electron chi connectivity index (χ3n) is 5.83. The number of halogens is 1. The van der Waals surface area contributed by atoms with Crippen molar-refractivity contribution in [3.05, 3.63) is 0 Å². The second-order valence-electron chi connectivity index (χ2n) is 6.62. The fourth-order valence-corrected chi connectivity index (χ4v) is 5.59. The van der Waals surface area contributed by atoms with Crippen molar-refractivity contribution >= 4 is 15.9 Å². The van der Waals surface area contributed by atoms with Gasteiger partial charge >= 0.3 is 0 Å². The van der Waals surface area contributed by atoms with Crippen LogP contribution < -0.4 is 0 Å². The summed E-state index contributed by atoms with van der Waals surface area (Å²) in [5.74, 6) is 1.71. The quantitative estimate of drug-likeness (QED) is 0.709. The van der Waals surface area contributed by atoms with Crippen LogP contribution in [0.5, 0.6) is 0 Å². The zero-order valence-corrected chi connectivity index (χ0v) is 12.1. The lowest BCUT2D eigenvalue weighted by molar-refractivity contribution is -0.186. The van der Waals surface area contributed by atoms with Crippen molar-refractivity contribution in [2.24, 2.45) is 17.3 Å². The van der Waals surface area contributed by atoms with E-state index in [0.717, 1.165) is 17.2 Å². The lowest BCUT2D eigenvalue weighted by Gasteiger charge is -2.51. The molecular weight excluding hydrogens is 264 g/mol. The Hall–Kier alpha value is 0.440. The van der Waals surface area contributed by atoms with Gasteiger partial charge in [-0.2, -0.15) is 0 Å². The molecule has 0 heterocycles. The van der Waals surface area contributed by atoms with Crippen molar-refractivity contribution < 1.29 is 4.74 Å². The summed E-state index contributed by atoms with van der Waals surface area (Å²) in [5, 5.41) is 1.03. The Morgan fingerprint density at radius 3 is 2.25 bits per heavy atom. The van der Waals surface area contributed by atoms with Crippen LogP contribution in [-0.4, -0.2) is 17.0 Å². The van der Waals surface area contributed by atoms with E-state index in [0.29, 0.717) is 11.5 Å². The predicted molar refractivity (Wildman–Crippen MR) is 69.9 cm³/mol. The van der Waals surface area contributed by atoms with Crippen molar-refractivity contribution in [3.63, 3.8) is 0 Å². The third-order valence-corrected chi connectivity index (χ3v) is 6.66. The van der Waals surface area contributed by atoms with E-state index in [9.17, 15) is 0 Å². The van der Waals surface area contributed by atoms with Gasteiger partial charge in [0.2, 0.25) is 0 Å². The fraction of sp³-hybridized carbons (Fsp3) is 1.00. The lowest BCUT2D eigenvalue weighted by Crippen LogP contribution is -2.55. The van der Waals surface area contributed by atoms with E-state index in [1.165, 1.54) is 38.5 Å². The van der Waals surface area contributed by atoms with Gasteiger partial charge in [-0.15, -0.1) is 0 Å². The molecule has 0 N–H and O–H groups in total. The first-order chi connectivity index (χ1) is 7.60. The Morgan fingerprint density at radius 1 is 1.12 bits per heavy atom. The highest BCUT2D eigenvalue weighted by Crippen LogP contribution is 2.64. The first-order valence-corrected chi connectivity index (χ1v) is 7.96. The van der Waals surface area contributed by atoms with E-state index in [4.69, 9.17) is 4.74 Å². The average Bonchev–Trinajstić information content (AvgIpc) is 2.72. The van der Waals surface area contributed by atoms with Crippen LogP contribution in [0.15, 0.2) is 0 Å². The van der Waals surface area contributed by atoms with Gasteiger partial charge in [-0.1, -0.05) is 29.8 Å². The molecule has 3 unspecified atom stereocenters. The van der Waals surface area contributed by atoms with Crippen molar-refractivity contribution in [1.82, 2.24) is 0 Å². The number of hydrogen-bond donors (Lipinski definition) is 0. The molecule has 0 aliphatic heterocycles. The molecule has 2 bridgehead atoms. The van der Waals surface area contributed by atoms with Crippen LogP contribution in [0.25, 0.3) is 0 Å². The van der Waals surface area contributed by atoms with Gasteiger partial charge in [0.15, 0.2) is 0 Å². The minimum Gasteiger partial charge on any atom is -0.370 e. The summed E-state index contributed by atoms with van der Waals surface area (Å²) in [6.07, 6.45) is 8.76. The van der Waals surface area contributed by atoms with Gasteiger partial charge in [-0.05, 0) is 55.8 Å². The van der Waals surface area contributed by atoms with Crippen molar-refractivity contribution in [3.8, 4) is 0 Å². The summed E-state index contributed by atoms with van der Waals surface area (Å²) in [6, 6.07) is 0. The molecule has 3 aliphatic rings. The topological polar surface area (TPSA) is 9.23 Å². The van der Waals surface area contributed by atoms with E-state index in [1.54, 1.807) is 0 Å². The van der Waals surface area contributed by atoms with Gasteiger partial charge in [-0.3, -0.25) is 0 Å². The highest BCUT2D eigenvalue weighted by atomic mass is 79.9. The summed E-state index contributed by atoms with van der Waals surface area (Å²) in [7, 11) is 0. The Balaban J connectivity index is 1.86. The maximum absolute atomic E-state index is 6.59. The molecular formula is C14H23BrO. The highest BCUT2D eigenvalue weighted by Gasteiger charge is 2.63. The maximum atomic E-state index is 6.59. The van der Waals surface area contributed by atoms with Crippen LogP contribution in [0.3, 0.4) is 0 Å². The SMILES string of the molecule is CC1(C)C2CCC(C2)C1(CBr)OC1CCC1. The minimum absolute atomic E-state index is 0.140. The molecule has 3 atom stereocenters. The van der Waals surface area contributed by atoms with Crippen molar-refractivity contribution in [2.75, 3.05) is 5.33 Å². The summed E-state index contributed by atoms with van der Waals surface area (Å²) in [4.78, 5) is 0. The molecule has 0 aromatic carbocycles. The van der Waals surface area contributed by atoms with E-state index >= 15 is 0 Å². The molecule has 0 amide bonds. The first kappa shape index (κ1) is 11.5. The third kappa shape index (κ3) is 1.32. The normalized spacial score (nSPS) is 45.9. The van der Waals surface area contributed by atoms with E-state index in [-0.39, 0.29) is 5.60 Å². The van der Waals surface area contributed by atoms with Crippen molar-refractivity contribution in [1.29, 1.82) is 0 Å². The van der Waals surface area contributed by atoms with Gasteiger partial charge in [-0.25, -0.2) is 0 Å². The molecule has 16 heavy (non-hydrogen) atoms. The largest absolute Gasteiger partial charge is 0.370 e. The van der Waals surface area contributed by atoms with Gasteiger partial charge in [0, 0.05) is 5.33 Å². The Labute approximate surface area is 107 Å². The van der Waals surface area contributed by atoms with Gasteiger partial charge in [0.05, 0.1) is 11.7 Å². The molecule has 3 aliphatic carbocycles. The molecule has 0 aromatic rings. The second-order valence-corrected chi connectivity index (χ2v) is 7.18. The van der Waals surface area contributed by atoms with Gasteiger partial charge in [0.1, 0.15) is 0 Å². The van der Waals surface area contributed by atoms with Crippen molar-refractivity contribution in [2.45, 2.75) is 64.1 Å². The minimum atomic E-state index is 0.140. The molecule has 0 aromatic heterocycles. The zero-order valence-electron chi connectivity index (χ0n) is 10.5. The molecule has 1 nitrogen and oxygen atoms in total. The number of rotatable bonds is 3. The Kier molecular flexibility index (Phi) is 2.68. The smallest absolute Gasteiger partial charge is 0.0863 e.